The molecule has 0 N–H and O–H groups in total. The zero-order chi connectivity index (χ0) is 14.3. The number of hydrogen-bond donors (Lipinski definition) is 0. The number of esters is 1. The van der Waals surface area contributed by atoms with Crippen LogP contribution in [0.15, 0.2) is 30.3 Å². The average Bonchev–Trinajstić information content (AvgIpc) is 2.34. The number of ether oxygens (including phenoxy) is 1. The summed E-state index contributed by atoms with van der Waals surface area (Å²) in [6, 6.07) is 10.1. The fourth-order valence-electron chi connectivity index (χ4n) is 1.76. The van der Waals surface area contributed by atoms with E-state index in [4.69, 9.17) is 4.74 Å². The van der Waals surface area contributed by atoms with Gasteiger partial charge >= 0.3 is 5.97 Å². The van der Waals surface area contributed by atoms with Crippen molar-refractivity contribution >= 4 is 11.7 Å². The van der Waals surface area contributed by atoms with Gasteiger partial charge < -0.3 is 9.64 Å². The van der Waals surface area contributed by atoms with Crippen LogP contribution in [0, 0.1) is 11.8 Å². The molecule has 0 aliphatic heterocycles. The van der Waals surface area contributed by atoms with Crippen LogP contribution in [0.4, 0.5) is 5.69 Å². The van der Waals surface area contributed by atoms with Crippen LogP contribution in [0.25, 0.3) is 0 Å². The van der Waals surface area contributed by atoms with Crippen molar-refractivity contribution in [2.24, 2.45) is 0 Å². The summed E-state index contributed by atoms with van der Waals surface area (Å²) in [6.45, 7) is 8.57. The lowest BCUT2D eigenvalue weighted by molar-refractivity contribution is -0.148. The largest absolute Gasteiger partial charge is 0.447 e. The second kappa shape index (κ2) is 6.84. The Balaban J connectivity index is 2.67. The monoisotopic (exact) mass is 259 g/mol. The minimum Gasteiger partial charge on any atom is -0.447 e. The number of benzene rings is 1. The molecule has 0 saturated heterocycles. The molecule has 102 valence electrons. The van der Waals surface area contributed by atoms with Gasteiger partial charge in [-0.1, -0.05) is 30.0 Å². The highest BCUT2D eigenvalue weighted by molar-refractivity contribution is 5.67. The van der Waals surface area contributed by atoms with Crippen LogP contribution < -0.4 is 4.90 Å². The molecule has 3 heteroatoms. The lowest BCUT2D eigenvalue weighted by Crippen LogP contribution is -2.26. The van der Waals surface area contributed by atoms with Gasteiger partial charge in [0.2, 0.25) is 0 Å². The predicted molar refractivity (Wildman–Crippen MR) is 78.0 cm³/mol. The minimum absolute atomic E-state index is 0.310. The van der Waals surface area contributed by atoms with E-state index in [1.807, 2.05) is 18.2 Å². The minimum atomic E-state index is -0.734. The van der Waals surface area contributed by atoms with Gasteiger partial charge in [0.25, 0.3) is 0 Å². The quantitative estimate of drug-likeness (QED) is 0.615. The van der Waals surface area contributed by atoms with Crippen molar-refractivity contribution in [3.8, 4) is 11.8 Å². The SMILES string of the molecule is CCN(CC#CC(C)(C)OC(C)=O)c1ccccc1. The average molecular weight is 259 g/mol. The Morgan fingerprint density at radius 3 is 2.47 bits per heavy atom. The van der Waals surface area contributed by atoms with Crippen molar-refractivity contribution in [1.82, 2.24) is 0 Å². The van der Waals surface area contributed by atoms with Crippen molar-refractivity contribution in [1.29, 1.82) is 0 Å². The van der Waals surface area contributed by atoms with Gasteiger partial charge in [0.05, 0.1) is 6.54 Å². The molecule has 0 aliphatic carbocycles. The molecule has 1 rings (SSSR count). The number of para-hydroxylation sites is 1. The van der Waals surface area contributed by atoms with E-state index in [9.17, 15) is 4.79 Å². The number of anilines is 1. The van der Waals surface area contributed by atoms with Crippen molar-refractivity contribution in [2.45, 2.75) is 33.3 Å². The predicted octanol–water partition coefficient (Wildman–Crippen LogP) is 2.86. The van der Waals surface area contributed by atoms with Crippen LogP contribution in [-0.2, 0) is 9.53 Å². The van der Waals surface area contributed by atoms with Crippen molar-refractivity contribution in [2.75, 3.05) is 18.0 Å². The van der Waals surface area contributed by atoms with Crippen LogP contribution in [-0.4, -0.2) is 24.7 Å². The summed E-state index contributed by atoms with van der Waals surface area (Å²) in [5.74, 6) is 5.76. The van der Waals surface area contributed by atoms with E-state index in [1.165, 1.54) is 6.92 Å². The first-order valence-electron chi connectivity index (χ1n) is 6.44. The molecule has 0 fully saturated rings. The summed E-state index contributed by atoms with van der Waals surface area (Å²) in [6.07, 6.45) is 0. The number of carbonyl (C=O) groups is 1. The fourth-order valence-corrected chi connectivity index (χ4v) is 1.76. The van der Waals surface area contributed by atoms with E-state index in [0.29, 0.717) is 6.54 Å². The van der Waals surface area contributed by atoms with Crippen LogP contribution >= 0.6 is 0 Å². The topological polar surface area (TPSA) is 29.5 Å². The smallest absolute Gasteiger partial charge is 0.304 e. The Hall–Kier alpha value is -1.95. The zero-order valence-electron chi connectivity index (χ0n) is 12.1. The number of hydrogen-bond acceptors (Lipinski definition) is 3. The molecule has 0 spiro atoms. The molecule has 0 amide bonds. The second-order valence-electron chi connectivity index (χ2n) is 4.76. The van der Waals surface area contributed by atoms with Crippen molar-refractivity contribution < 1.29 is 9.53 Å². The molecule has 0 aromatic heterocycles. The first kappa shape index (κ1) is 15.1. The highest BCUT2D eigenvalue weighted by Gasteiger charge is 2.17. The Morgan fingerprint density at radius 2 is 1.95 bits per heavy atom. The Labute approximate surface area is 115 Å². The van der Waals surface area contributed by atoms with Crippen LogP contribution in [0.5, 0.6) is 0 Å². The molecule has 0 heterocycles. The summed E-state index contributed by atoms with van der Waals surface area (Å²) in [4.78, 5) is 13.1. The molecule has 0 saturated carbocycles. The first-order valence-corrected chi connectivity index (χ1v) is 6.44. The summed E-state index contributed by atoms with van der Waals surface area (Å²) in [5, 5.41) is 0. The van der Waals surface area contributed by atoms with E-state index in [1.54, 1.807) is 13.8 Å². The highest BCUT2D eigenvalue weighted by atomic mass is 16.6. The Bertz CT molecular complexity index is 469. The number of nitrogens with zero attached hydrogens (tertiary/aromatic N) is 1. The van der Waals surface area contributed by atoms with E-state index in [-0.39, 0.29) is 5.97 Å². The van der Waals surface area contributed by atoms with Gasteiger partial charge in [-0.15, -0.1) is 0 Å². The second-order valence-corrected chi connectivity index (χ2v) is 4.76. The molecule has 3 nitrogen and oxygen atoms in total. The normalized spacial score (nSPS) is 10.3. The van der Waals surface area contributed by atoms with Gasteiger partial charge in [0.15, 0.2) is 5.60 Å². The summed E-state index contributed by atoms with van der Waals surface area (Å²) in [5.41, 5.74) is 0.409. The maximum absolute atomic E-state index is 10.9. The molecule has 1 aromatic carbocycles. The molecule has 0 bridgehead atoms. The molecule has 0 radical (unpaired) electrons. The molecular formula is C16H21NO2. The zero-order valence-corrected chi connectivity index (χ0v) is 12.1. The van der Waals surface area contributed by atoms with Crippen molar-refractivity contribution in [3.05, 3.63) is 30.3 Å². The Kier molecular flexibility index (Phi) is 5.44. The van der Waals surface area contributed by atoms with Gasteiger partial charge in [-0.3, -0.25) is 4.79 Å². The van der Waals surface area contributed by atoms with E-state index < -0.39 is 5.60 Å². The number of rotatable bonds is 4. The van der Waals surface area contributed by atoms with Gasteiger partial charge in [-0.05, 0) is 32.9 Å². The van der Waals surface area contributed by atoms with Crippen molar-refractivity contribution in [3.63, 3.8) is 0 Å². The lowest BCUT2D eigenvalue weighted by atomic mass is 10.1. The standard InChI is InChI=1S/C16H21NO2/c1-5-17(15-10-7-6-8-11-15)13-9-12-16(3,4)19-14(2)18/h6-8,10-11H,5,13H2,1-4H3. The lowest BCUT2D eigenvalue weighted by Gasteiger charge is -2.21. The molecule has 19 heavy (non-hydrogen) atoms. The van der Waals surface area contributed by atoms with E-state index in [0.717, 1.165) is 12.2 Å². The molecular weight excluding hydrogens is 238 g/mol. The van der Waals surface area contributed by atoms with Crippen LogP contribution in [0.2, 0.25) is 0 Å². The first-order chi connectivity index (χ1) is 8.94. The van der Waals surface area contributed by atoms with Gasteiger partial charge in [0, 0.05) is 19.2 Å². The van der Waals surface area contributed by atoms with Crippen LogP contribution in [0.1, 0.15) is 27.7 Å². The summed E-state index contributed by atoms with van der Waals surface area (Å²) >= 11 is 0. The van der Waals surface area contributed by atoms with Crippen LogP contribution in [0.3, 0.4) is 0 Å². The third kappa shape index (κ3) is 5.48. The maximum atomic E-state index is 10.9. The fraction of sp³-hybridized carbons (Fsp3) is 0.438. The third-order valence-electron chi connectivity index (χ3n) is 2.56. The Morgan fingerprint density at radius 1 is 1.32 bits per heavy atom. The third-order valence-corrected chi connectivity index (χ3v) is 2.56. The van der Waals surface area contributed by atoms with Gasteiger partial charge in [-0.25, -0.2) is 0 Å². The van der Waals surface area contributed by atoms with E-state index >= 15 is 0 Å². The van der Waals surface area contributed by atoms with Gasteiger partial charge in [0.1, 0.15) is 0 Å². The molecule has 0 aliphatic rings. The van der Waals surface area contributed by atoms with E-state index in [2.05, 4.69) is 35.8 Å². The number of carbonyl (C=O) groups excluding carboxylic acids is 1. The van der Waals surface area contributed by atoms with Gasteiger partial charge in [-0.2, -0.15) is 0 Å². The summed E-state index contributed by atoms with van der Waals surface area (Å²) < 4.78 is 5.13. The summed E-state index contributed by atoms with van der Waals surface area (Å²) in [7, 11) is 0. The molecule has 1 aromatic rings. The molecule has 0 unspecified atom stereocenters. The highest BCUT2D eigenvalue weighted by Crippen LogP contribution is 2.12. The maximum Gasteiger partial charge on any atom is 0.304 e. The molecule has 0 atom stereocenters.